The van der Waals surface area contributed by atoms with E-state index >= 15 is 0 Å². The van der Waals surface area contributed by atoms with Crippen LogP contribution in [-0.4, -0.2) is 19.5 Å². The van der Waals surface area contributed by atoms with Crippen molar-refractivity contribution < 1.29 is 23.4 Å². The number of rotatable bonds is 7. The fourth-order valence-corrected chi connectivity index (χ4v) is 1.92. The van der Waals surface area contributed by atoms with E-state index < -0.39 is 0 Å². The van der Waals surface area contributed by atoms with Crippen LogP contribution in [0.3, 0.4) is 0 Å². The summed E-state index contributed by atoms with van der Waals surface area (Å²) >= 11 is 0. The summed E-state index contributed by atoms with van der Waals surface area (Å²) in [6, 6.07) is 7.22. The standard InChI is InChI=1S/C16H18O5/c1-4-19-16-15(11(2)17)12(10-21-16)9-20-14-7-5-13(18-3)6-8-14/h5-8,10H,4,9H2,1-3H3. The molecule has 0 saturated carbocycles. The van der Waals surface area contributed by atoms with Crippen LogP contribution in [0.5, 0.6) is 17.4 Å². The molecule has 21 heavy (non-hydrogen) atoms. The van der Waals surface area contributed by atoms with Crippen LogP contribution in [0.2, 0.25) is 0 Å². The minimum Gasteiger partial charge on any atom is -0.497 e. The highest BCUT2D eigenvalue weighted by Crippen LogP contribution is 2.27. The Labute approximate surface area is 123 Å². The highest BCUT2D eigenvalue weighted by molar-refractivity contribution is 5.97. The summed E-state index contributed by atoms with van der Waals surface area (Å²) in [7, 11) is 1.61. The zero-order valence-electron chi connectivity index (χ0n) is 12.3. The molecule has 0 bridgehead atoms. The van der Waals surface area contributed by atoms with E-state index in [9.17, 15) is 4.79 Å². The Morgan fingerprint density at radius 3 is 2.38 bits per heavy atom. The van der Waals surface area contributed by atoms with Crippen LogP contribution < -0.4 is 14.2 Å². The van der Waals surface area contributed by atoms with E-state index in [1.807, 2.05) is 19.1 Å². The molecule has 0 fully saturated rings. The fourth-order valence-electron chi connectivity index (χ4n) is 1.92. The van der Waals surface area contributed by atoms with Crippen molar-refractivity contribution in [2.24, 2.45) is 0 Å². The molecule has 0 saturated heterocycles. The molecule has 5 heteroatoms. The summed E-state index contributed by atoms with van der Waals surface area (Å²) in [5.74, 6) is 1.58. The Morgan fingerprint density at radius 2 is 1.81 bits per heavy atom. The molecule has 0 aliphatic rings. The molecule has 1 aromatic heterocycles. The van der Waals surface area contributed by atoms with Crippen LogP contribution in [0.4, 0.5) is 0 Å². The summed E-state index contributed by atoms with van der Waals surface area (Å²) in [5.41, 5.74) is 1.10. The van der Waals surface area contributed by atoms with Gasteiger partial charge in [0.25, 0.3) is 5.95 Å². The van der Waals surface area contributed by atoms with Gasteiger partial charge in [0.05, 0.1) is 13.7 Å². The second-order valence-electron chi connectivity index (χ2n) is 4.38. The Balaban J connectivity index is 2.10. The monoisotopic (exact) mass is 290 g/mol. The predicted molar refractivity (Wildman–Crippen MR) is 77.2 cm³/mol. The lowest BCUT2D eigenvalue weighted by molar-refractivity contribution is 0.100. The van der Waals surface area contributed by atoms with E-state index in [0.717, 1.165) is 5.75 Å². The van der Waals surface area contributed by atoms with Gasteiger partial charge in [-0.2, -0.15) is 0 Å². The van der Waals surface area contributed by atoms with E-state index in [1.54, 1.807) is 19.2 Å². The first-order valence-corrected chi connectivity index (χ1v) is 6.66. The molecule has 112 valence electrons. The van der Waals surface area contributed by atoms with Crippen molar-refractivity contribution in [3.8, 4) is 17.4 Å². The molecule has 5 nitrogen and oxygen atoms in total. The molecule has 1 aromatic carbocycles. The van der Waals surface area contributed by atoms with Gasteiger partial charge in [0.15, 0.2) is 5.78 Å². The van der Waals surface area contributed by atoms with Gasteiger partial charge in [-0.25, -0.2) is 0 Å². The van der Waals surface area contributed by atoms with E-state index in [1.165, 1.54) is 13.2 Å². The lowest BCUT2D eigenvalue weighted by Gasteiger charge is -2.07. The van der Waals surface area contributed by atoms with E-state index in [4.69, 9.17) is 18.6 Å². The van der Waals surface area contributed by atoms with Gasteiger partial charge in [0, 0.05) is 5.56 Å². The van der Waals surface area contributed by atoms with Gasteiger partial charge in [-0.05, 0) is 38.1 Å². The summed E-state index contributed by atoms with van der Waals surface area (Å²) in [4.78, 5) is 11.7. The molecule has 0 unspecified atom stereocenters. The number of hydrogen-bond acceptors (Lipinski definition) is 5. The van der Waals surface area contributed by atoms with Gasteiger partial charge < -0.3 is 18.6 Å². The quantitative estimate of drug-likeness (QED) is 0.731. The summed E-state index contributed by atoms with van der Waals surface area (Å²) in [6.07, 6.45) is 1.49. The van der Waals surface area contributed by atoms with Crippen LogP contribution in [0, 0.1) is 0 Å². The molecule has 0 spiro atoms. The van der Waals surface area contributed by atoms with Crippen molar-refractivity contribution in [2.45, 2.75) is 20.5 Å². The predicted octanol–water partition coefficient (Wildman–Crippen LogP) is 3.47. The molecule has 2 aromatic rings. The molecule has 0 radical (unpaired) electrons. The smallest absolute Gasteiger partial charge is 0.295 e. The zero-order valence-corrected chi connectivity index (χ0v) is 12.3. The van der Waals surface area contributed by atoms with Gasteiger partial charge in [-0.1, -0.05) is 0 Å². The average Bonchev–Trinajstić information content (AvgIpc) is 2.89. The number of furan rings is 1. The second kappa shape index (κ2) is 6.83. The number of benzene rings is 1. The number of ketones is 1. The van der Waals surface area contributed by atoms with Gasteiger partial charge in [0.1, 0.15) is 29.9 Å². The Bertz CT molecular complexity index is 598. The summed E-state index contributed by atoms with van der Waals surface area (Å²) in [5, 5.41) is 0. The maximum atomic E-state index is 11.7. The van der Waals surface area contributed by atoms with Crippen molar-refractivity contribution in [1.82, 2.24) is 0 Å². The van der Waals surface area contributed by atoms with Crippen molar-refractivity contribution in [3.63, 3.8) is 0 Å². The average molecular weight is 290 g/mol. The number of methoxy groups -OCH3 is 1. The Kier molecular flexibility index (Phi) is 4.87. The fraction of sp³-hybridized carbons (Fsp3) is 0.312. The van der Waals surface area contributed by atoms with Gasteiger partial charge in [-0.15, -0.1) is 0 Å². The van der Waals surface area contributed by atoms with Gasteiger partial charge >= 0.3 is 0 Å². The summed E-state index contributed by atoms with van der Waals surface area (Å²) < 4.78 is 21.3. The highest BCUT2D eigenvalue weighted by Gasteiger charge is 2.19. The topological polar surface area (TPSA) is 57.9 Å². The molecule has 0 aliphatic carbocycles. The zero-order chi connectivity index (χ0) is 15.2. The van der Waals surface area contributed by atoms with E-state index in [0.29, 0.717) is 23.5 Å². The second-order valence-corrected chi connectivity index (χ2v) is 4.38. The van der Waals surface area contributed by atoms with Crippen LogP contribution in [0.1, 0.15) is 29.8 Å². The van der Waals surface area contributed by atoms with E-state index in [-0.39, 0.29) is 18.3 Å². The lowest BCUT2D eigenvalue weighted by atomic mass is 10.1. The minimum absolute atomic E-state index is 0.111. The van der Waals surface area contributed by atoms with Crippen LogP contribution in [-0.2, 0) is 6.61 Å². The highest BCUT2D eigenvalue weighted by atomic mass is 16.6. The minimum atomic E-state index is -0.111. The van der Waals surface area contributed by atoms with Gasteiger partial charge in [-0.3, -0.25) is 4.79 Å². The number of carbonyl (C=O) groups excluding carboxylic acids is 1. The molecule has 0 N–H and O–H groups in total. The molecule has 2 rings (SSSR count). The third-order valence-electron chi connectivity index (χ3n) is 2.91. The van der Waals surface area contributed by atoms with Crippen LogP contribution in [0.15, 0.2) is 34.9 Å². The molecule has 0 atom stereocenters. The molecule has 0 amide bonds. The third-order valence-corrected chi connectivity index (χ3v) is 2.91. The largest absolute Gasteiger partial charge is 0.497 e. The number of carbonyl (C=O) groups is 1. The molecule has 0 aliphatic heterocycles. The van der Waals surface area contributed by atoms with E-state index in [2.05, 4.69) is 0 Å². The van der Waals surface area contributed by atoms with Crippen molar-refractivity contribution in [3.05, 3.63) is 41.7 Å². The first-order valence-electron chi connectivity index (χ1n) is 6.66. The van der Waals surface area contributed by atoms with Gasteiger partial charge in [0.2, 0.25) is 0 Å². The maximum Gasteiger partial charge on any atom is 0.295 e. The molecular weight excluding hydrogens is 272 g/mol. The first kappa shape index (κ1) is 15.0. The normalized spacial score (nSPS) is 10.2. The Hall–Kier alpha value is -2.43. The first-order chi connectivity index (χ1) is 10.2. The molecular formula is C16H18O5. The Morgan fingerprint density at radius 1 is 1.14 bits per heavy atom. The van der Waals surface area contributed by atoms with Crippen molar-refractivity contribution in [1.29, 1.82) is 0 Å². The molecule has 1 heterocycles. The third kappa shape index (κ3) is 3.56. The van der Waals surface area contributed by atoms with Crippen LogP contribution in [0.25, 0.3) is 0 Å². The number of hydrogen-bond donors (Lipinski definition) is 0. The van der Waals surface area contributed by atoms with Crippen molar-refractivity contribution in [2.75, 3.05) is 13.7 Å². The SMILES string of the molecule is CCOc1occ(COc2ccc(OC)cc2)c1C(C)=O. The maximum absolute atomic E-state index is 11.7. The number of Topliss-reactive ketones (excluding diaryl/α,β-unsaturated/α-hetero) is 1. The number of ether oxygens (including phenoxy) is 3. The van der Waals surface area contributed by atoms with Crippen LogP contribution >= 0.6 is 0 Å². The van der Waals surface area contributed by atoms with Crippen molar-refractivity contribution >= 4 is 5.78 Å². The summed E-state index contributed by atoms with van der Waals surface area (Å²) in [6.45, 7) is 3.98. The lowest BCUT2D eigenvalue weighted by Crippen LogP contribution is -2.03.